The summed E-state index contributed by atoms with van der Waals surface area (Å²) in [6.07, 6.45) is 2.69. The van der Waals surface area contributed by atoms with Crippen LogP contribution in [-0.4, -0.2) is 22.0 Å². The number of Topliss-reactive ketones (excluding diaryl/α,β-unsaturated/α-hetero) is 1. The fraction of sp³-hybridized carbons (Fsp3) is 0.417. The van der Waals surface area contributed by atoms with Crippen molar-refractivity contribution in [2.45, 2.75) is 68.1 Å². The number of ether oxygens (including phenoxy) is 1. The van der Waals surface area contributed by atoms with E-state index in [0.29, 0.717) is 32.1 Å². The second-order valence-corrected chi connectivity index (χ2v) is 10.2. The Morgan fingerprint density at radius 2 is 1.60 bits per heavy atom. The van der Waals surface area contributed by atoms with E-state index in [2.05, 4.69) is 5.48 Å². The lowest BCUT2D eigenvalue weighted by molar-refractivity contribution is -0.146. The average Bonchev–Trinajstić information content (AvgIpc) is 2.71. The number of thioether (sulfide) groups is 1. The van der Waals surface area contributed by atoms with Crippen LogP contribution in [0.25, 0.3) is 0 Å². The van der Waals surface area contributed by atoms with Gasteiger partial charge in [0.05, 0.1) is 5.60 Å². The SMILES string of the molecule is CC(C)(C)ONC(=O)CC1(Sc2ccc(Oc3ccccc3)cc2)CCC(=O)CC1. The van der Waals surface area contributed by atoms with Gasteiger partial charge in [-0.15, -0.1) is 11.8 Å². The van der Waals surface area contributed by atoms with Gasteiger partial charge in [-0.2, -0.15) is 0 Å². The molecule has 0 saturated heterocycles. The highest BCUT2D eigenvalue weighted by Crippen LogP contribution is 2.46. The molecule has 0 atom stereocenters. The second-order valence-electron chi connectivity index (χ2n) is 8.63. The molecule has 0 aromatic heterocycles. The van der Waals surface area contributed by atoms with Crippen molar-refractivity contribution in [1.82, 2.24) is 5.48 Å². The number of para-hydroxylation sites is 1. The maximum absolute atomic E-state index is 12.5. The third kappa shape index (κ3) is 6.89. The number of ketones is 1. The highest BCUT2D eigenvalue weighted by Gasteiger charge is 2.38. The summed E-state index contributed by atoms with van der Waals surface area (Å²) >= 11 is 1.67. The minimum atomic E-state index is -0.451. The first kappa shape index (κ1) is 22.4. The Kier molecular flexibility index (Phi) is 7.21. The van der Waals surface area contributed by atoms with E-state index in [0.717, 1.165) is 16.4 Å². The first-order chi connectivity index (χ1) is 14.2. The van der Waals surface area contributed by atoms with Gasteiger partial charge in [0.1, 0.15) is 17.3 Å². The van der Waals surface area contributed by atoms with Gasteiger partial charge in [0, 0.05) is 28.9 Å². The first-order valence-electron chi connectivity index (χ1n) is 10.2. The first-order valence-corrected chi connectivity index (χ1v) is 11.1. The fourth-order valence-electron chi connectivity index (χ4n) is 3.29. The molecule has 0 spiro atoms. The zero-order chi connectivity index (χ0) is 21.6. The predicted octanol–water partition coefficient (Wildman–Crippen LogP) is 5.69. The summed E-state index contributed by atoms with van der Waals surface area (Å²) in [5.41, 5.74) is 2.12. The van der Waals surface area contributed by atoms with Crippen LogP contribution in [0.2, 0.25) is 0 Å². The van der Waals surface area contributed by atoms with Gasteiger partial charge in [0.25, 0.3) is 0 Å². The smallest absolute Gasteiger partial charge is 0.244 e. The molecular weight excluding hydrogens is 398 g/mol. The van der Waals surface area contributed by atoms with Gasteiger partial charge in [0.15, 0.2) is 0 Å². The molecule has 5 nitrogen and oxygen atoms in total. The van der Waals surface area contributed by atoms with Gasteiger partial charge in [0.2, 0.25) is 5.91 Å². The lowest BCUT2D eigenvalue weighted by atomic mass is 9.85. The van der Waals surface area contributed by atoms with E-state index in [1.54, 1.807) is 11.8 Å². The van der Waals surface area contributed by atoms with Crippen molar-refractivity contribution >= 4 is 23.5 Å². The third-order valence-corrected chi connectivity index (χ3v) is 6.30. The lowest BCUT2D eigenvalue weighted by Gasteiger charge is -2.36. The molecule has 30 heavy (non-hydrogen) atoms. The number of hydroxylamine groups is 1. The molecule has 160 valence electrons. The maximum atomic E-state index is 12.5. The number of benzene rings is 2. The van der Waals surface area contributed by atoms with Gasteiger partial charge in [-0.25, -0.2) is 5.48 Å². The Labute approximate surface area is 182 Å². The number of carbonyl (C=O) groups excluding carboxylic acids is 2. The molecule has 1 saturated carbocycles. The second kappa shape index (κ2) is 9.67. The molecule has 2 aromatic rings. The van der Waals surface area contributed by atoms with Crippen LogP contribution in [0.3, 0.4) is 0 Å². The maximum Gasteiger partial charge on any atom is 0.244 e. The topological polar surface area (TPSA) is 64.6 Å². The molecule has 2 aromatic carbocycles. The fourth-order valence-corrected chi connectivity index (χ4v) is 4.67. The molecule has 0 aliphatic heterocycles. The van der Waals surface area contributed by atoms with E-state index < -0.39 is 5.60 Å². The summed E-state index contributed by atoms with van der Waals surface area (Å²) in [5, 5.41) is 0. The minimum Gasteiger partial charge on any atom is -0.457 e. The number of carbonyl (C=O) groups is 2. The van der Waals surface area contributed by atoms with Crippen molar-refractivity contribution in [1.29, 1.82) is 0 Å². The Morgan fingerprint density at radius 1 is 1.00 bits per heavy atom. The van der Waals surface area contributed by atoms with Crippen molar-refractivity contribution < 1.29 is 19.2 Å². The number of hydrogen-bond acceptors (Lipinski definition) is 5. The molecule has 0 radical (unpaired) electrons. The van der Waals surface area contributed by atoms with E-state index in [-0.39, 0.29) is 16.4 Å². The van der Waals surface area contributed by atoms with Crippen molar-refractivity contribution in [3.8, 4) is 11.5 Å². The van der Waals surface area contributed by atoms with Crippen LogP contribution in [0.5, 0.6) is 11.5 Å². The van der Waals surface area contributed by atoms with Crippen molar-refractivity contribution in [2.24, 2.45) is 0 Å². The Morgan fingerprint density at radius 3 is 2.20 bits per heavy atom. The zero-order valence-electron chi connectivity index (χ0n) is 17.8. The standard InChI is InChI=1S/C24H29NO4S/c1-23(2,3)29-25-22(27)17-24(15-13-18(26)14-16-24)30-21-11-9-20(10-12-21)28-19-7-5-4-6-8-19/h4-12H,13-17H2,1-3H3,(H,25,27). The summed E-state index contributed by atoms with van der Waals surface area (Å²) < 4.78 is 5.54. The van der Waals surface area contributed by atoms with E-state index in [1.807, 2.05) is 75.4 Å². The number of hydrogen-bond donors (Lipinski definition) is 1. The highest BCUT2D eigenvalue weighted by atomic mass is 32.2. The molecule has 1 aliphatic rings. The van der Waals surface area contributed by atoms with Crippen LogP contribution in [0.1, 0.15) is 52.9 Å². The molecule has 1 fully saturated rings. The van der Waals surface area contributed by atoms with Crippen LogP contribution < -0.4 is 10.2 Å². The van der Waals surface area contributed by atoms with Crippen LogP contribution in [0, 0.1) is 0 Å². The lowest BCUT2D eigenvalue weighted by Crippen LogP contribution is -2.40. The largest absolute Gasteiger partial charge is 0.457 e. The summed E-state index contributed by atoms with van der Waals surface area (Å²) in [7, 11) is 0. The van der Waals surface area contributed by atoms with E-state index in [9.17, 15) is 9.59 Å². The molecule has 1 N–H and O–H groups in total. The molecular formula is C24H29NO4S. The third-order valence-electron chi connectivity index (χ3n) is 4.81. The number of amides is 1. The summed E-state index contributed by atoms with van der Waals surface area (Å²) in [6, 6.07) is 17.5. The summed E-state index contributed by atoms with van der Waals surface area (Å²) in [5.74, 6) is 1.66. The summed E-state index contributed by atoms with van der Waals surface area (Å²) in [6.45, 7) is 5.66. The Hall–Kier alpha value is -2.31. The molecule has 1 aliphatic carbocycles. The summed E-state index contributed by atoms with van der Waals surface area (Å²) in [4.78, 5) is 30.8. The van der Waals surface area contributed by atoms with Gasteiger partial charge < -0.3 is 4.74 Å². The van der Waals surface area contributed by atoms with Crippen LogP contribution in [0.4, 0.5) is 0 Å². The van der Waals surface area contributed by atoms with Crippen LogP contribution in [0.15, 0.2) is 59.5 Å². The van der Waals surface area contributed by atoms with E-state index in [4.69, 9.17) is 9.57 Å². The van der Waals surface area contributed by atoms with Gasteiger partial charge in [-0.3, -0.25) is 14.4 Å². The van der Waals surface area contributed by atoms with Crippen molar-refractivity contribution in [3.63, 3.8) is 0 Å². The van der Waals surface area contributed by atoms with E-state index >= 15 is 0 Å². The molecule has 1 amide bonds. The van der Waals surface area contributed by atoms with Crippen LogP contribution >= 0.6 is 11.8 Å². The zero-order valence-corrected chi connectivity index (χ0v) is 18.6. The van der Waals surface area contributed by atoms with Crippen molar-refractivity contribution in [2.75, 3.05) is 0 Å². The predicted molar refractivity (Wildman–Crippen MR) is 119 cm³/mol. The quantitative estimate of drug-likeness (QED) is 0.575. The molecule has 0 unspecified atom stereocenters. The molecule has 0 heterocycles. The van der Waals surface area contributed by atoms with E-state index in [1.165, 1.54) is 0 Å². The van der Waals surface area contributed by atoms with Crippen LogP contribution in [-0.2, 0) is 14.4 Å². The normalized spacial score (nSPS) is 16.2. The van der Waals surface area contributed by atoms with Gasteiger partial charge >= 0.3 is 0 Å². The molecule has 3 rings (SSSR count). The van der Waals surface area contributed by atoms with Gasteiger partial charge in [-0.05, 0) is 70.0 Å². The Bertz CT molecular complexity index is 849. The monoisotopic (exact) mass is 427 g/mol. The van der Waals surface area contributed by atoms with Gasteiger partial charge in [-0.1, -0.05) is 18.2 Å². The Balaban J connectivity index is 1.67. The highest BCUT2D eigenvalue weighted by molar-refractivity contribution is 8.00. The average molecular weight is 428 g/mol. The number of rotatable bonds is 7. The molecule has 6 heteroatoms. The van der Waals surface area contributed by atoms with Crippen molar-refractivity contribution in [3.05, 3.63) is 54.6 Å². The number of nitrogens with one attached hydrogen (secondary N) is 1. The minimum absolute atomic E-state index is 0.157. The molecule has 0 bridgehead atoms.